The van der Waals surface area contributed by atoms with Crippen molar-refractivity contribution in [2.24, 2.45) is 10.8 Å². The van der Waals surface area contributed by atoms with Gasteiger partial charge in [0.15, 0.2) is 23.1 Å². The van der Waals surface area contributed by atoms with Crippen LogP contribution in [0, 0.1) is 10.8 Å². The third kappa shape index (κ3) is 5.34. The molecule has 1 saturated carbocycles. The summed E-state index contributed by atoms with van der Waals surface area (Å²) >= 11 is 0. The van der Waals surface area contributed by atoms with Gasteiger partial charge in [-0.3, -0.25) is 9.59 Å². The van der Waals surface area contributed by atoms with Crippen LogP contribution in [-0.4, -0.2) is 35.7 Å². The quantitative estimate of drug-likeness (QED) is 0.338. The van der Waals surface area contributed by atoms with Crippen LogP contribution in [0.15, 0.2) is 53.4 Å². The van der Waals surface area contributed by atoms with Crippen molar-refractivity contribution in [2.75, 3.05) is 13.2 Å². The predicted molar refractivity (Wildman–Crippen MR) is 155 cm³/mol. The van der Waals surface area contributed by atoms with Crippen molar-refractivity contribution < 1.29 is 19.1 Å². The van der Waals surface area contributed by atoms with E-state index in [1.807, 2.05) is 25.1 Å². The van der Waals surface area contributed by atoms with Crippen LogP contribution in [0.2, 0.25) is 0 Å². The lowest BCUT2D eigenvalue weighted by Gasteiger charge is -2.52. The lowest BCUT2D eigenvalue weighted by atomic mass is 9.63. The molecule has 5 nitrogen and oxygen atoms in total. The van der Waals surface area contributed by atoms with Gasteiger partial charge in [0.25, 0.3) is 0 Å². The zero-order valence-corrected chi connectivity index (χ0v) is 24.5. The number of carbonyl (C=O) groups excluding carboxylic acids is 2. The first kappa shape index (κ1) is 27.7. The Morgan fingerprint density at radius 2 is 1.46 bits per heavy atom. The zero-order valence-electron chi connectivity index (χ0n) is 24.5. The van der Waals surface area contributed by atoms with Crippen molar-refractivity contribution in [1.29, 1.82) is 0 Å². The number of carbonyl (C=O) groups is 2. The fourth-order valence-electron chi connectivity index (χ4n) is 7.35. The Morgan fingerprint density at radius 1 is 0.872 bits per heavy atom. The van der Waals surface area contributed by atoms with Crippen molar-refractivity contribution >= 4 is 11.6 Å². The maximum Gasteiger partial charge on any atom is 0.162 e. The van der Waals surface area contributed by atoms with Crippen molar-refractivity contribution in [3.63, 3.8) is 0 Å². The topological polar surface area (TPSA) is 55.8 Å². The maximum absolute atomic E-state index is 14.1. The molecule has 5 rings (SSSR count). The second kappa shape index (κ2) is 10.6. The molecule has 1 heterocycles. The highest BCUT2D eigenvalue weighted by Gasteiger charge is 2.50. The van der Waals surface area contributed by atoms with Crippen LogP contribution in [-0.2, 0) is 9.59 Å². The second-order valence-electron chi connectivity index (χ2n) is 13.4. The first-order chi connectivity index (χ1) is 18.5. The van der Waals surface area contributed by atoms with Crippen molar-refractivity contribution in [1.82, 2.24) is 4.90 Å². The fourth-order valence-corrected chi connectivity index (χ4v) is 7.35. The Morgan fingerprint density at radius 3 is 2.00 bits per heavy atom. The van der Waals surface area contributed by atoms with Crippen molar-refractivity contribution in [3.8, 4) is 11.5 Å². The smallest absolute Gasteiger partial charge is 0.162 e. The highest BCUT2D eigenvalue weighted by atomic mass is 16.5. The molecule has 1 fully saturated rings. The highest BCUT2D eigenvalue weighted by molar-refractivity contribution is 6.06. The Kier molecular flexibility index (Phi) is 7.56. The van der Waals surface area contributed by atoms with Gasteiger partial charge in [0, 0.05) is 47.3 Å². The van der Waals surface area contributed by atoms with E-state index in [4.69, 9.17) is 9.47 Å². The first-order valence-electron chi connectivity index (χ1n) is 14.9. The molecular weight excluding hydrogens is 486 g/mol. The number of allylic oxidation sites excluding steroid dienone is 4. The Labute approximate surface area is 234 Å². The summed E-state index contributed by atoms with van der Waals surface area (Å²) in [5.74, 6) is 1.29. The van der Waals surface area contributed by atoms with Gasteiger partial charge in [0.2, 0.25) is 0 Å². The summed E-state index contributed by atoms with van der Waals surface area (Å²) in [5, 5.41) is 0. The molecule has 0 unspecified atom stereocenters. The van der Waals surface area contributed by atoms with Crippen LogP contribution >= 0.6 is 0 Å². The zero-order chi connectivity index (χ0) is 27.9. The maximum atomic E-state index is 14.1. The Balaban J connectivity index is 1.73. The number of rotatable bonds is 7. The van der Waals surface area contributed by atoms with Gasteiger partial charge in [0.1, 0.15) is 6.61 Å². The summed E-state index contributed by atoms with van der Waals surface area (Å²) in [7, 11) is 0. The molecule has 1 aromatic rings. The average Bonchev–Trinajstić information content (AvgIpc) is 2.86. The molecule has 0 radical (unpaired) electrons. The second-order valence-corrected chi connectivity index (χ2v) is 13.4. The minimum atomic E-state index is -0.366. The van der Waals surface area contributed by atoms with Crippen LogP contribution in [0.5, 0.6) is 11.5 Å². The number of ether oxygens (including phenoxy) is 2. The van der Waals surface area contributed by atoms with Crippen LogP contribution in [0.25, 0.3) is 0 Å². The summed E-state index contributed by atoms with van der Waals surface area (Å²) in [5.41, 5.74) is 4.73. The molecular formula is C34H45NO4. The van der Waals surface area contributed by atoms with E-state index < -0.39 is 0 Å². The van der Waals surface area contributed by atoms with E-state index in [0.29, 0.717) is 43.6 Å². The minimum absolute atomic E-state index is 0.113. The molecule has 210 valence electrons. The molecule has 0 aromatic heterocycles. The number of hydrogen-bond acceptors (Lipinski definition) is 5. The van der Waals surface area contributed by atoms with Gasteiger partial charge in [-0.15, -0.1) is 0 Å². The highest BCUT2D eigenvalue weighted by Crippen LogP contribution is 2.56. The van der Waals surface area contributed by atoms with Gasteiger partial charge < -0.3 is 14.4 Å². The fraction of sp³-hybridized carbons (Fsp3) is 0.588. The SMILES string of the molecule is C=CCOc1ccc(C2C3=C(CC(C)(C)CC3=O)N(C3CCCCC3)C3=C2C(=O)CC(C)(C)C3)cc1OCC. The van der Waals surface area contributed by atoms with Crippen LogP contribution in [0.1, 0.15) is 104 Å². The summed E-state index contributed by atoms with van der Waals surface area (Å²) in [6, 6.07) is 6.30. The Hall–Kier alpha value is -2.82. The third-order valence-corrected chi connectivity index (χ3v) is 8.85. The van der Waals surface area contributed by atoms with Gasteiger partial charge in [-0.1, -0.05) is 65.7 Å². The molecule has 0 spiro atoms. The lowest BCUT2D eigenvalue weighted by Crippen LogP contribution is -2.48. The first-order valence-corrected chi connectivity index (χ1v) is 14.9. The molecule has 0 amide bonds. The van der Waals surface area contributed by atoms with Gasteiger partial charge in [-0.2, -0.15) is 0 Å². The van der Waals surface area contributed by atoms with Crippen molar-refractivity contribution in [3.05, 3.63) is 59.0 Å². The van der Waals surface area contributed by atoms with E-state index in [2.05, 4.69) is 39.2 Å². The summed E-state index contributed by atoms with van der Waals surface area (Å²) < 4.78 is 11.9. The standard InChI is InChI=1S/C34H45NO4/c1-7-16-39-28-15-14-22(17-29(28)38-8-2)30-31-24(18-33(3,4)20-26(31)36)35(23-12-10-9-11-13-23)25-19-34(5,6)21-27(37)32(25)30/h7,14-15,17,23,30H,1,8-13,16,18-21H2,2-6H3. The number of Topliss-reactive ketones (excluding diaryl/α,β-unsaturated/α-hetero) is 2. The normalized spacial score (nSPS) is 23.5. The minimum Gasteiger partial charge on any atom is -0.490 e. The number of hydrogen-bond donors (Lipinski definition) is 0. The van der Waals surface area contributed by atoms with Crippen LogP contribution < -0.4 is 9.47 Å². The number of nitrogens with zero attached hydrogens (tertiary/aromatic N) is 1. The molecule has 3 aliphatic carbocycles. The van der Waals surface area contributed by atoms with E-state index in [1.165, 1.54) is 30.7 Å². The van der Waals surface area contributed by atoms with E-state index in [0.717, 1.165) is 42.4 Å². The molecule has 0 saturated heterocycles. The van der Waals surface area contributed by atoms with E-state index in [-0.39, 0.29) is 28.3 Å². The molecule has 1 aliphatic heterocycles. The summed E-state index contributed by atoms with van der Waals surface area (Å²) in [6.07, 6.45) is 10.3. The summed E-state index contributed by atoms with van der Waals surface area (Å²) in [6.45, 7) is 15.4. The van der Waals surface area contributed by atoms with Crippen LogP contribution in [0.4, 0.5) is 0 Å². The van der Waals surface area contributed by atoms with E-state index in [9.17, 15) is 9.59 Å². The lowest BCUT2D eigenvalue weighted by molar-refractivity contribution is -0.119. The van der Waals surface area contributed by atoms with E-state index >= 15 is 0 Å². The molecule has 1 aromatic carbocycles. The molecule has 0 atom stereocenters. The van der Waals surface area contributed by atoms with Gasteiger partial charge >= 0.3 is 0 Å². The predicted octanol–water partition coefficient (Wildman–Crippen LogP) is 7.67. The third-order valence-electron chi connectivity index (χ3n) is 8.85. The van der Waals surface area contributed by atoms with Gasteiger partial charge in [-0.25, -0.2) is 0 Å². The van der Waals surface area contributed by atoms with Gasteiger partial charge in [0.05, 0.1) is 6.61 Å². The molecule has 0 N–H and O–H groups in total. The van der Waals surface area contributed by atoms with E-state index in [1.54, 1.807) is 6.08 Å². The Bertz CT molecular complexity index is 1170. The van der Waals surface area contributed by atoms with Gasteiger partial charge in [-0.05, 0) is 61.1 Å². The monoisotopic (exact) mass is 531 g/mol. The molecule has 0 bridgehead atoms. The molecule has 39 heavy (non-hydrogen) atoms. The van der Waals surface area contributed by atoms with Crippen LogP contribution in [0.3, 0.4) is 0 Å². The largest absolute Gasteiger partial charge is 0.490 e. The molecule has 4 aliphatic rings. The average molecular weight is 532 g/mol. The number of benzene rings is 1. The summed E-state index contributed by atoms with van der Waals surface area (Å²) in [4.78, 5) is 30.7. The number of ketones is 2. The molecule has 5 heteroatoms. The van der Waals surface area contributed by atoms with Crippen molar-refractivity contribution in [2.45, 2.75) is 104 Å².